The zero-order chi connectivity index (χ0) is 22.3. The molecule has 1 atom stereocenters. The second-order valence-electron chi connectivity index (χ2n) is 8.83. The number of rotatable bonds is 24. The molecule has 182 valence electrons. The average molecular weight is 527 g/mol. The van der Waals surface area contributed by atoms with Crippen molar-refractivity contribution in [2.24, 2.45) is 0 Å². The monoisotopic (exact) mass is 526 g/mol. The van der Waals surface area contributed by atoms with Gasteiger partial charge in [0.15, 0.2) is 0 Å². The maximum atomic E-state index is 10.6. The molecule has 0 heterocycles. The fourth-order valence-corrected chi connectivity index (χ4v) is 4.12. The maximum Gasteiger partial charge on any atom is 1.00 e. The van der Waals surface area contributed by atoms with E-state index in [0.29, 0.717) is 0 Å². The van der Waals surface area contributed by atoms with E-state index < -0.39 is 7.82 Å². The molecule has 0 aromatic carbocycles. The Bertz CT molecular complexity index is 397. The van der Waals surface area contributed by atoms with Gasteiger partial charge in [0.05, 0.1) is 6.10 Å². The van der Waals surface area contributed by atoms with Crippen molar-refractivity contribution in [3.63, 3.8) is 0 Å². The normalized spacial score (nSPS) is 12.2. The Morgan fingerprint density at radius 3 is 1.16 bits per heavy atom. The molecule has 0 bridgehead atoms. The second kappa shape index (κ2) is 30.6. The van der Waals surface area contributed by atoms with Crippen LogP contribution in [0.5, 0.6) is 0 Å². The molecule has 0 saturated carbocycles. The van der Waals surface area contributed by atoms with Crippen LogP contribution in [0.3, 0.4) is 0 Å². The smallest absolute Gasteiger partial charge is 0.788 e. The molecule has 0 aliphatic rings. The van der Waals surface area contributed by atoms with Gasteiger partial charge in [0.25, 0.3) is 0 Å². The van der Waals surface area contributed by atoms with Crippen LogP contribution in [0.1, 0.15) is 149 Å². The van der Waals surface area contributed by atoms with E-state index in [1.54, 1.807) is 0 Å². The van der Waals surface area contributed by atoms with Crippen molar-refractivity contribution in [3.05, 3.63) is 0 Å². The van der Waals surface area contributed by atoms with Gasteiger partial charge in [-0.2, -0.15) is 0 Å². The molecule has 1 unspecified atom stereocenters. The van der Waals surface area contributed by atoms with Gasteiger partial charge in [0.2, 0.25) is 0 Å². The third-order valence-electron chi connectivity index (χ3n) is 5.78. The summed E-state index contributed by atoms with van der Waals surface area (Å²) < 4.78 is 14.7. The minimum Gasteiger partial charge on any atom is -0.788 e. The van der Waals surface area contributed by atoms with Crippen molar-refractivity contribution in [1.29, 1.82) is 0 Å². The average Bonchev–Trinajstić information content (AvgIpc) is 2.70. The zero-order valence-electron chi connectivity index (χ0n) is 21.9. The second-order valence-corrected chi connectivity index (χ2v) is 9.87. The number of phosphoric acid groups is 1. The molecule has 0 aliphatic heterocycles. The third kappa shape index (κ3) is 33.3. The van der Waals surface area contributed by atoms with Gasteiger partial charge in [0, 0.05) is 0 Å². The first-order valence-electron chi connectivity index (χ1n) is 12.9. The van der Waals surface area contributed by atoms with Crippen LogP contribution in [0, 0.1) is 0 Å². The quantitative estimate of drug-likeness (QED) is 0.0624. The predicted octanol–water partition coefficient (Wildman–Crippen LogP) is 1.37. The number of hydrogen-bond acceptors (Lipinski definition) is 5. The van der Waals surface area contributed by atoms with Crippen LogP contribution in [-0.4, -0.2) is 6.10 Å². The summed E-state index contributed by atoms with van der Waals surface area (Å²) in [5.41, 5.74) is 0. The largest absolute Gasteiger partial charge is 1.00 e. The van der Waals surface area contributed by atoms with Crippen molar-refractivity contribution < 1.29 is 127 Å². The Morgan fingerprint density at radius 2 is 0.844 bits per heavy atom. The van der Waals surface area contributed by atoms with Gasteiger partial charge < -0.3 is 14.4 Å². The molecular weight excluding hydrogens is 477 g/mol. The molecule has 0 amide bonds. The Morgan fingerprint density at radius 1 is 0.562 bits per heavy atom. The molecule has 5 nitrogen and oxygen atoms in total. The SMILES string of the molecule is CCCCCCCCCCCCCCCCCC(CCCCCC)OOP(=O)([O-])[O-].[K+].[K+]. The summed E-state index contributed by atoms with van der Waals surface area (Å²) in [6.07, 6.45) is 25.3. The van der Waals surface area contributed by atoms with Gasteiger partial charge in [-0.25, -0.2) is 9.56 Å². The predicted molar refractivity (Wildman–Crippen MR) is 122 cm³/mol. The molecule has 0 saturated heterocycles. The van der Waals surface area contributed by atoms with Gasteiger partial charge in [-0.1, -0.05) is 136 Å². The minimum atomic E-state index is -5.06. The van der Waals surface area contributed by atoms with Crippen LogP contribution in [0.25, 0.3) is 0 Å². The summed E-state index contributed by atoms with van der Waals surface area (Å²) in [7, 11) is -5.06. The first kappa shape index (κ1) is 39.8. The van der Waals surface area contributed by atoms with E-state index in [9.17, 15) is 14.4 Å². The van der Waals surface area contributed by atoms with Gasteiger partial charge in [0.1, 0.15) is 7.82 Å². The minimum absolute atomic E-state index is 0. The Kier molecular flexibility index (Phi) is 38.1. The van der Waals surface area contributed by atoms with E-state index in [0.717, 1.165) is 51.4 Å². The number of hydrogen-bond donors (Lipinski definition) is 0. The Labute approximate surface area is 284 Å². The van der Waals surface area contributed by atoms with E-state index in [1.165, 1.54) is 83.5 Å². The molecule has 0 aromatic heterocycles. The van der Waals surface area contributed by atoms with Crippen LogP contribution in [0.2, 0.25) is 0 Å². The summed E-state index contributed by atoms with van der Waals surface area (Å²) in [4.78, 5) is 26.2. The molecular formula is C24H49K2O5P. The summed E-state index contributed by atoms with van der Waals surface area (Å²) in [5, 5.41) is 0. The van der Waals surface area contributed by atoms with Crippen molar-refractivity contribution in [1.82, 2.24) is 0 Å². The van der Waals surface area contributed by atoms with Crippen LogP contribution in [0.4, 0.5) is 0 Å². The van der Waals surface area contributed by atoms with Gasteiger partial charge in [-0.05, 0) is 12.8 Å². The molecule has 0 aromatic rings. The molecule has 0 aliphatic carbocycles. The van der Waals surface area contributed by atoms with Gasteiger partial charge >= 0.3 is 103 Å². The fourth-order valence-electron chi connectivity index (χ4n) is 3.90. The molecule has 0 spiro atoms. The topological polar surface area (TPSA) is 81.7 Å². The van der Waals surface area contributed by atoms with E-state index in [-0.39, 0.29) is 109 Å². The van der Waals surface area contributed by atoms with Crippen molar-refractivity contribution in [2.75, 3.05) is 0 Å². The van der Waals surface area contributed by atoms with Crippen LogP contribution < -0.4 is 113 Å². The Balaban J connectivity index is -0.00000420. The Hall–Kier alpha value is 3.34. The van der Waals surface area contributed by atoms with Crippen LogP contribution >= 0.6 is 7.82 Å². The van der Waals surface area contributed by atoms with Crippen LogP contribution in [0.15, 0.2) is 0 Å². The molecule has 8 heteroatoms. The standard InChI is InChI=1S/C24H51O5P.2K/c1-3-5-7-9-10-11-12-13-14-15-16-17-18-19-21-23-24(22-20-8-6-4-2)28-29-30(25,26)27;;/h24H,3-23H2,1-2H3,(H2,25,26,27);;/q;2*+1/p-2. The third-order valence-corrected chi connectivity index (χ3v) is 6.05. The zero-order valence-corrected chi connectivity index (χ0v) is 29.1. The van der Waals surface area contributed by atoms with E-state index >= 15 is 0 Å². The summed E-state index contributed by atoms with van der Waals surface area (Å²) in [6.45, 7) is 4.42. The van der Waals surface area contributed by atoms with Gasteiger partial charge in [-0.3, -0.25) is 0 Å². The van der Waals surface area contributed by atoms with Crippen LogP contribution in [-0.2, 0) is 14.1 Å². The summed E-state index contributed by atoms with van der Waals surface area (Å²) >= 11 is 0. The number of unbranched alkanes of at least 4 members (excludes halogenated alkanes) is 17. The van der Waals surface area contributed by atoms with E-state index in [4.69, 9.17) is 4.89 Å². The first-order chi connectivity index (χ1) is 14.5. The van der Waals surface area contributed by atoms with Crippen molar-refractivity contribution in [3.8, 4) is 0 Å². The van der Waals surface area contributed by atoms with E-state index in [1.807, 2.05) is 0 Å². The van der Waals surface area contributed by atoms with E-state index in [2.05, 4.69) is 18.5 Å². The molecule has 0 rings (SSSR count). The summed E-state index contributed by atoms with van der Waals surface area (Å²) in [6, 6.07) is 0. The molecule has 0 fully saturated rings. The molecule has 0 radical (unpaired) electrons. The first-order valence-corrected chi connectivity index (χ1v) is 14.3. The molecule has 32 heavy (non-hydrogen) atoms. The maximum absolute atomic E-state index is 10.6. The van der Waals surface area contributed by atoms with Crippen molar-refractivity contribution in [2.45, 2.75) is 155 Å². The summed E-state index contributed by atoms with van der Waals surface area (Å²) in [5.74, 6) is 0. The van der Waals surface area contributed by atoms with Gasteiger partial charge in [-0.15, -0.1) is 0 Å². The molecule has 0 N–H and O–H groups in total. The fraction of sp³-hybridized carbons (Fsp3) is 1.00. The van der Waals surface area contributed by atoms with Crippen molar-refractivity contribution >= 4 is 7.82 Å².